The zero-order valence-corrected chi connectivity index (χ0v) is 13.7. The summed E-state index contributed by atoms with van der Waals surface area (Å²) in [6, 6.07) is 20.5. The minimum Gasteiger partial charge on any atom is -0.465 e. The highest BCUT2D eigenvalue weighted by molar-refractivity contribution is 6.31. The summed E-state index contributed by atoms with van der Waals surface area (Å²) in [5.74, 6) is 0.444. The molecule has 2 aromatic carbocycles. The van der Waals surface area contributed by atoms with Crippen molar-refractivity contribution in [3.63, 3.8) is 0 Å². The van der Waals surface area contributed by atoms with Crippen LogP contribution in [0.2, 0.25) is 5.02 Å². The van der Waals surface area contributed by atoms with Crippen LogP contribution in [0.5, 0.6) is 0 Å². The molecule has 0 atom stereocenters. The smallest absolute Gasteiger partial charge is 0.252 e. The van der Waals surface area contributed by atoms with Gasteiger partial charge in [0.15, 0.2) is 0 Å². The third-order valence-corrected chi connectivity index (χ3v) is 3.93. The van der Waals surface area contributed by atoms with E-state index in [1.54, 1.807) is 24.5 Å². The number of hydrogen-bond donors (Lipinski definition) is 1. The molecule has 1 N–H and O–H groups in total. The molecule has 120 valence electrons. The minimum atomic E-state index is -0.183. The number of carbonyl (C=O) groups is 1. The van der Waals surface area contributed by atoms with Crippen molar-refractivity contribution >= 4 is 29.2 Å². The first-order chi connectivity index (χ1) is 11.7. The molecule has 0 fully saturated rings. The Morgan fingerprint density at radius 1 is 1.00 bits per heavy atom. The number of nitrogens with one attached hydrogen (secondary N) is 1. The molecule has 1 aromatic heterocycles. The van der Waals surface area contributed by atoms with Crippen molar-refractivity contribution in [1.82, 2.24) is 5.32 Å². The predicted octanol–water partition coefficient (Wildman–Crippen LogP) is 4.79. The molecular formula is C20H16ClNO2. The lowest BCUT2D eigenvalue weighted by molar-refractivity contribution is -0.115. The zero-order chi connectivity index (χ0) is 16.8. The zero-order valence-electron chi connectivity index (χ0n) is 12.9. The molecule has 4 heteroatoms. The maximum absolute atomic E-state index is 12.7. The second kappa shape index (κ2) is 7.66. The van der Waals surface area contributed by atoms with Gasteiger partial charge < -0.3 is 9.73 Å². The van der Waals surface area contributed by atoms with Gasteiger partial charge in [0.1, 0.15) is 5.76 Å². The Hall–Kier alpha value is -2.78. The van der Waals surface area contributed by atoms with Crippen LogP contribution in [0.1, 0.15) is 16.9 Å². The summed E-state index contributed by atoms with van der Waals surface area (Å²) in [5, 5.41) is 3.55. The summed E-state index contributed by atoms with van der Waals surface area (Å²) in [4.78, 5) is 12.7. The van der Waals surface area contributed by atoms with Crippen molar-refractivity contribution < 1.29 is 9.21 Å². The number of halogens is 1. The summed E-state index contributed by atoms with van der Waals surface area (Å²) in [7, 11) is 0. The fourth-order valence-electron chi connectivity index (χ4n) is 2.33. The highest BCUT2D eigenvalue weighted by Crippen LogP contribution is 2.20. The maximum atomic E-state index is 12.7. The Labute approximate surface area is 145 Å². The van der Waals surface area contributed by atoms with Crippen molar-refractivity contribution in [2.75, 3.05) is 0 Å². The van der Waals surface area contributed by atoms with E-state index in [9.17, 15) is 4.79 Å². The third-order valence-electron chi connectivity index (χ3n) is 3.56. The summed E-state index contributed by atoms with van der Waals surface area (Å²) < 4.78 is 5.34. The Bertz CT molecular complexity index is 839. The van der Waals surface area contributed by atoms with Gasteiger partial charge >= 0.3 is 0 Å². The van der Waals surface area contributed by atoms with E-state index in [0.29, 0.717) is 22.9 Å². The van der Waals surface area contributed by atoms with Crippen LogP contribution in [0.25, 0.3) is 11.6 Å². The van der Waals surface area contributed by atoms with Gasteiger partial charge in [0.05, 0.1) is 11.8 Å². The van der Waals surface area contributed by atoms with Gasteiger partial charge in [-0.25, -0.2) is 0 Å². The minimum absolute atomic E-state index is 0.183. The largest absolute Gasteiger partial charge is 0.465 e. The van der Waals surface area contributed by atoms with Gasteiger partial charge in [-0.2, -0.15) is 0 Å². The Morgan fingerprint density at radius 2 is 1.75 bits per heavy atom. The van der Waals surface area contributed by atoms with Crippen LogP contribution in [-0.2, 0) is 11.3 Å². The van der Waals surface area contributed by atoms with Gasteiger partial charge in [-0.1, -0.05) is 60.1 Å². The topological polar surface area (TPSA) is 42.2 Å². The standard InChI is InChI=1S/C20H16ClNO2/c21-19-11-5-4-9-16(19)14-22-20(23)18(13-17-10-6-12-24-17)15-7-2-1-3-8-15/h1-13H,14H2,(H,22,23)/b18-13+. The molecule has 0 aliphatic heterocycles. The molecule has 3 rings (SSSR count). The van der Waals surface area contributed by atoms with E-state index in [0.717, 1.165) is 11.1 Å². The van der Waals surface area contributed by atoms with Crippen LogP contribution < -0.4 is 5.32 Å². The number of hydrogen-bond acceptors (Lipinski definition) is 2. The predicted molar refractivity (Wildman–Crippen MR) is 96.3 cm³/mol. The molecule has 0 saturated heterocycles. The van der Waals surface area contributed by atoms with E-state index in [2.05, 4.69) is 5.32 Å². The van der Waals surface area contributed by atoms with Crippen LogP contribution in [0, 0.1) is 0 Å². The lowest BCUT2D eigenvalue weighted by atomic mass is 10.0. The Balaban J connectivity index is 1.83. The van der Waals surface area contributed by atoms with E-state index >= 15 is 0 Å². The van der Waals surface area contributed by atoms with E-state index in [1.807, 2.05) is 54.6 Å². The highest BCUT2D eigenvalue weighted by Gasteiger charge is 2.13. The number of benzene rings is 2. The molecule has 24 heavy (non-hydrogen) atoms. The average Bonchev–Trinajstić information content (AvgIpc) is 3.13. The summed E-state index contributed by atoms with van der Waals surface area (Å²) in [6.45, 7) is 0.362. The van der Waals surface area contributed by atoms with Crippen LogP contribution in [-0.4, -0.2) is 5.91 Å². The second-order valence-corrected chi connectivity index (χ2v) is 5.62. The molecule has 0 unspecified atom stereocenters. The quantitative estimate of drug-likeness (QED) is 0.680. The Kier molecular flexibility index (Phi) is 5.14. The number of amides is 1. The Morgan fingerprint density at radius 3 is 2.46 bits per heavy atom. The van der Waals surface area contributed by atoms with Crippen LogP contribution in [0.4, 0.5) is 0 Å². The monoisotopic (exact) mass is 337 g/mol. The lowest BCUT2D eigenvalue weighted by Crippen LogP contribution is -2.24. The summed E-state index contributed by atoms with van der Waals surface area (Å²) >= 11 is 6.14. The van der Waals surface area contributed by atoms with Crippen molar-refractivity contribution in [2.24, 2.45) is 0 Å². The van der Waals surface area contributed by atoms with Crippen molar-refractivity contribution in [1.29, 1.82) is 0 Å². The fourth-order valence-corrected chi connectivity index (χ4v) is 2.53. The van der Waals surface area contributed by atoms with Gasteiger partial charge in [-0.3, -0.25) is 4.79 Å². The molecule has 3 nitrogen and oxygen atoms in total. The molecule has 3 aromatic rings. The van der Waals surface area contributed by atoms with Crippen molar-refractivity contribution in [3.05, 3.63) is 94.9 Å². The molecule has 1 heterocycles. The lowest BCUT2D eigenvalue weighted by Gasteiger charge is -2.10. The molecular weight excluding hydrogens is 322 g/mol. The molecule has 0 radical (unpaired) electrons. The van der Waals surface area contributed by atoms with Crippen LogP contribution in [0.3, 0.4) is 0 Å². The average molecular weight is 338 g/mol. The van der Waals surface area contributed by atoms with Crippen LogP contribution >= 0.6 is 11.6 Å². The maximum Gasteiger partial charge on any atom is 0.252 e. The summed E-state index contributed by atoms with van der Waals surface area (Å²) in [5.41, 5.74) is 2.24. The first-order valence-electron chi connectivity index (χ1n) is 7.56. The van der Waals surface area contributed by atoms with Crippen molar-refractivity contribution in [2.45, 2.75) is 6.54 Å². The molecule has 0 spiro atoms. The number of furan rings is 1. The normalized spacial score (nSPS) is 11.3. The number of rotatable bonds is 5. The number of carbonyl (C=O) groups excluding carboxylic acids is 1. The molecule has 0 aliphatic carbocycles. The van der Waals surface area contributed by atoms with Crippen LogP contribution in [0.15, 0.2) is 77.4 Å². The summed E-state index contributed by atoms with van der Waals surface area (Å²) in [6.07, 6.45) is 3.31. The van der Waals surface area contributed by atoms with E-state index in [4.69, 9.17) is 16.0 Å². The van der Waals surface area contributed by atoms with Gasteiger partial charge in [-0.05, 0) is 35.4 Å². The molecule has 0 bridgehead atoms. The van der Waals surface area contributed by atoms with Gasteiger partial charge in [-0.15, -0.1) is 0 Å². The third kappa shape index (κ3) is 3.94. The van der Waals surface area contributed by atoms with E-state index in [-0.39, 0.29) is 5.91 Å². The fraction of sp³-hybridized carbons (Fsp3) is 0.0500. The first-order valence-corrected chi connectivity index (χ1v) is 7.94. The first kappa shape index (κ1) is 16.1. The van der Waals surface area contributed by atoms with Gasteiger partial charge in [0.25, 0.3) is 5.91 Å². The molecule has 0 saturated carbocycles. The molecule has 0 aliphatic rings. The van der Waals surface area contributed by atoms with E-state index < -0.39 is 0 Å². The van der Waals surface area contributed by atoms with Gasteiger partial charge in [0, 0.05) is 11.6 Å². The second-order valence-electron chi connectivity index (χ2n) is 5.21. The van der Waals surface area contributed by atoms with Crippen molar-refractivity contribution in [3.8, 4) is 0 Å². The van der Waals surface area contributed by atoms with E-state index in [1.165, 1.54) is 0 Å². The molecule has 1 amide bonds. The van der Waals surface area contributed by atoms with Gasteiger partial charge in [0.2, 0.25) is 0 Å². The highest BCUT2D eigenvalue weighted by atomic mass is 35.5. The SMILES string of the molecule is O=C(NCc1ccccc1Cl)/C(=C/c1ccco1)c1ccccc1.